The minimum atomic E-state index is -0.183. The molecule has 0 aliphatic carbocycles. The maximum atomic E-state index is 12.2. The number of thioether (sulfide) groups is 1. The predicted octanol–water partition coefficient (Wildman–Crippen LogP) is 2.37. The molecule has 0 aliphatic rings. The van der Waals surface area contributed by atoms with Gasteiger partial charge in [0, 0.05) is 18.8 Å². The third kappa shape index (κ3) is 5.28. The van der Waals surface area contributed by atoms with Gasteiger partial charge in [-0.25, -0.2) is 4.98 Å². The van der Waals surface area contributed by atoms with Gasteiger partial charge in [0.1, 0.15) is 11.5 Å². The van der Waals surface area contributed by atoms with E-state index < -0.39 is 0 Å². The molecule has 0 atom stereocenters. The highest BCUT2D eigenvalue weighted by Gasteiger charge is 2.13. The summed E-state index contributed by atoms with van der Waals surface area (Å²) in [5.74, 6) is 1.74. The Labute approximate surface area is 139 Å². The van der Waals surface area contributed by atoms with Crippen LogP contribution in [0.5, 0.6) is 0 Å². The van der Waals surface area contributed by atoms with Crippen molar-refractivity contribution in [3.05, 3.63) is 45.8 Å². The molecule has 2 heterocycles. The molecule has 0 unspecified atom stereocenters. The monoisotopic (exact) mass is 335 g/mol. The molecule has 1 amide bonds. The fraction of sp³-hybridized carbons (Fsp3) is 0.438. The second-order valence-corrected chi connectivity index (χ2v) is 6.31. The van der Waals surface area contributed by atoms with Gasteiger partial charge in [0.25, 0.3) is 5.56 Å². The van der Waals surface area contributed by atoms with E-state index in [9.17, 15) is 9.59 Å². The van der Waals surface area contributed by atoms with Crippen LogP contribution in [0.25, 0.3) is 0 Å². The highest BCUT2D eigenvalue weighted by molar-refractivity contribution is 7.99. The first-order valence-electron chi connectivity index (χ1n) is 7.50. The summed E-state index contributed by atoms with van der Waals surface area (Å²) in [6.07, 6.45) is 1.67. The van der Waals surface area contributed by atoms with Gasteiger partial charge >= 0.3 is 0 Å². The maximum Gasteiger partial charge on any atom is 0.251 e. The average Bonchev–Trinajstić information content (AvgIpc) is 2.89. The van der Waals surface area contributed by atoms with Crippen molar-refractivity contribution in [1.82, 2.24) is 14.9 Å². The molecule has 0 radical (unpaired) electrons. The number of nitrogens with one attached hydrogen (secondary N) is 1. The molecule has 7 heteroatoms. The summed E-state index contributed by atoms with van der Waals surface area (Å²) in [6, 6.07) is 5.23. The van der Waals surface area contributed by atoms with Gasteiger partial charge in [-0.2, -0.15) is 0 Å². The Morgan fingerprint density at radius 3 is 2.87 bits per heavy atom. The Morgan fingerprint density at radius 1 is 1.43 bits per heavy atom. The van der Waals surface area contributed by atoms with Crippen molar-refractivity contribution in [1.29, 1.82) is 0 Å². The first-order chi connectivity index (χ1) is 11.0. The average molecular weight is 335 g/mol. The summed E-state index contributed by atoms with van der Waals surface area (Å²) >= 11 is 1.24. The number of nitrogens with zero attached hydrogens (tertiary/aromatic N) is 2. The number of aryl methyl sites for hydroxylation is 2. The molecule has 2 aromatic heterocycles. The number of amides is 1. The van der Waals surface area contributed by atoms with E-state index in [0.29, 0.717) is 11.7 Å². The maximum absolute atomic E-state index is 12.2. The minimum Gasteiger partial charge on any atom is -0.464 e. The fourth-order valence-electron chi connectivity index (χ4n) is 2.07. The molecular formula is C16H21N3O3S. The number of aromatic nitrogens is 2. The van der Waals surface area contributed by atoms with Gasteiger partial charge in [0.15, 0.2) is 5.16 Å². The SMILES string of the molecule is CCCc1cc(=O)[nH]c(SCC(=O)N(C)Cc2ccc(C)o2)n1. The summed E-state index contributed by atoms with van der Waals surface area (Å²) in [4.78, 5) is 32.4. The first kappa shape index (κ1) is 17.3. The van der Waals surface area contributed by atoms with Crippen LogP contribution < -0.4 is 5.56 Å². The van der Waals surface area contributed by atoms with Crippen LogP contribution in [-0.2, 0) is 17.8 Å². The van der Waals surface area contributed by atoms with Crippen LogP contribution in [0.4, 0.5) is 0 Å². The zero-order valence-corrected chi connectivity index (χ0v) is 14.4. The molecule has 0 fully saturated rings. The van der Waals surface area contributed by atoms with E-state index in [4.69, 9.17) is 4.42 Å². The van der Waals surface area contributed by atoms with Crippen LogP contribution >= 0.6 is 11.8 Å². The van der Waals surface area contributed by atoms with Crippen molar-refractivity contribution < 1.29 is 9.21 Å². The molecule has 0 aliphatic heterocycles. The molecule has 0 saturated carbocycles. The third-order valence-electron chi connectivity index (χ3n) is 3.23. The van der Waals surface area contributed by atoms with E-state index in [1.807, 2.05) is 26.0 Å². The van der Waals surface area contributed by atoms with Crippen molar-refractivity contribution in [3.63, 3.8) is 0 Å². The van der Waals surface area contributed by atoms with E-state index >= 15 is 0 Å². The number of carbonyl (C=O) groups is 1. The number of hydrogen-bond acceptors (Lipinski definition) is 5. The number of aromatic amines is 1. The standard InChI is InChI=1S/C16H21N3O3S/c1-4-5-12-8-14(20)18-16(17-12)23-10-15(21)19(3)9-13-7-6-11(2)22-13/h6-8H,4-5,9-10H2,1-3H3,(H,17,18,20). The number of carbonyl (C=O) groups excluding carboxylic acids is 1. The normalized spacial score (nSPS) is 10.7. The third-order valence-corrected chi connectivity index (χ3v) is 4.08. The fourth-order valence-corrected chi connectivity index (χ4v) is 2.90. The van der Waals surface area contributed by atoms with Gasteiger partial charge in [-0.3, -0.25) is 9.59 Å². The Balaban J connectivity index is 1.91. The summed E-state index contributed by atoms with van der Waals surface area (Å²) in [5.41, 5.74) is 0.573. The topological polar surface area (TPSA) is 79.2 Å². The van der Waals surface area contributed by atoms with Crippen molar-refractivity contribution in [2.75, 3.05) is 12.8 Å². The summed E-state index contributed by atoms with van der Waals surface area (Å²) in [6.45, 7) is 4.32. The van der Waals surface area contributed by atoms with Crippen LogP contribution in [0.1, 0.15) is 30.6 Å². The largest absolute Gasteiger partial charge is 0.464 e. The molecule has 0 bridgehead atoms. The molecule has 0 spiro atoms. The van der Waals surface area contributed by atoms with Gasteiger partial charge < -0.3 is 14.3 Å². The first-order valence-corrected chi connectivity index (χ1v) is 8.48. The van der Waals surface area contributed by atoms with Gasteiger partial charge in [-0.1, -0.05) is 25.1 Å². The molecular weight excluding hydrogens is 314 g/mol. The van der Waals surface area contributed by atoms with Crippen LogP contribution in [0.3, 0.4) is 0 Å². The zero-order chi connectivity index (χ0) is 16.8. The van der Waals surface area contributed by atoms with Gasteiger partial charge in [0.05, 0.1) is 12.3 Å². The minimum absolute atomic E-state index is 0.0485. The summed E-state index contributed by atoms with van der Waals surface area (Å²) < 4.78 is 5.46. The van der Waals surface area contributed by atoms with Gasteiger partial charge in [-0.05, 0) is 25.5 Å². The van der Waals surface area contributed by atoms with Crippen molar-refractivity contribution in [2.45, 2.75) is 38.4 Å². The molecule has 6 nitrogen and oxygen atoms in total. The second-order valence-electron chi connectivity index (χ2n) is 5.34. The molecule has 2 rings (SSSR count). The number of rotatable bonds is 7. The number of furan rings is 1. The smallest absolute Gasteiger partial charge is 0.251 e. The molecule has 124 valence electrons. The lowest BCUT2D eigenvalue weighted by Crippen LogP contribution is -2.27. The lowest BCUT2D eigenvalue weighted by Gasteiger charge is -2.15. The van der Waals surface area contributed by atoms with Crippen molar-refractivity contribution >= 4 is 17.7 Å². The number of hydrogen-bond donors (Lipinski definition) is 1. The summed E-state index contributed by atoms with van der Waals surface area (Å²) in [5, 5.41) is 0.483. The Kier molecular flexibility index (Phi) is 6.04. The van der Waals surface area contributed by atoms with Crippen LogP contribution in [0.2, 0.25) is 0 Å². The Hall–Kier alpha value is -2.02. The van der Waals surface area contributed by atoms with Crippen LogP contribution in [-0.4, -0.2) is 33.6 Å². The Morgan fingerprint density at radius 2 is 2.22 bits per heavy atom. The number of H-pyrrole nitrogens is 1. The lowest BCUT2D eigenvalue weighted by molar-refractivity contribution is -0.127. The second kappa shape index (κ2) is 8.01. The quantitative estimate of drug-likeness (QED) is 0.621. The highest BCUT2D eigenvalue weighted by atomic mass is 32.2. The molecule has 0 saturated heterocycles. The molecule has 23 heavy (non-hydrogen) atoms. The molecule has 2 aromatic rings. The Bertz CT molecular complexity index is 723. The van der Waals surface area contributed by atoms with Crippen molar-refractivity contribution in [2.24, 2.45) is 0 Å². The van der Waals surface area contributed by atoms with Gasteiger partial charge in [0.2, 0.25) is 5.91 Å². The molecule has 0 aromatic carbocycles. The van der Waals surface area contributed by atoms with E-state index in [1.165, 1.54) is 17.8 Å². The van der Waals surface area contributed by atoms with E-state index in [0.717, 1.165) is 30.1 Å². The van der Waals surface area contributed by atoms with Crippen LogP contribution in [0, 0.1) is 6.92 Å². The van der Waals surface area contributed by atoms with Crippen LogP contribution in [0.15, 0.2) is 32.6 Å². The van der Waals surface area contributed by atoms with Gasteiger partial charge in [-0.15, -0.1) is 0 Å². The van der Waals surface area contributed by atoms with E-state index in [2.05, 4.69) is 9.97 Å². The van der Waals surface area contributed by atoms with E-state index in [1.54, 1.807) is 11.9 Å². The highest BCUT2D eigenvalue weighted by Crippen LogP contribution is 2.14. The van der Waals surface area contributed by atoms with E-state index in [-0.39, 0.29) is 17.2 Å². The van der Waals surface area contributed by atoms with Crippen molar-refractivity contribution in [3.8, 4) is 0 Å². The predicted molar refractivity (Wildman–Crippen MR) is 89.5 cm³/mol. The lowest BCUT2D eigenvalue weighted by atomic mass is 10.2. The molecule has 1 N–H and O–H groups in total. The zero-order valence-electron chi connectivity index (χ0n) is 13.6. The summed E-state index contributed by atoms with van der Waals surface area (Å²) in [7, 11) is 1.73.